The van der Waals surface area contributed by atoms with Gasteiger partial charge < -0.3 is 15.4 Å². The number of hydrogen-bond acceptors (Lipinski definition) is 7. The first-order chi connectivity index (χ1) is 16.7. The monoisotopic (exact) mass is 484 g/mol. The number of ether oxygens (including phenoxy) is 1. The summed E-state index contributed by atoms with van der Waals surface area (Å²) < 4.78 is 5.41. The lowest BCUT2D eigenvalue weighted by molar-refractivity contribution is -0.394. The van der Waals surface area contributed by atoms with E-state index >= 15 is 0 Å². The van der Waals surface area contributed by atoms with E-state index in [9.17, 15) is 25.0 Å². The van der Waals surface area contributed by atoms with Crippen LogP contribution < -0.4 is 10.6 Å². The summed E-state index contributed by atoms with van der Waals surface area (Å²) in [5, 5.41) is 22.6. The fraction of sp³-hybridized carbons (Fsp3) is 0.480. The van der Waals surface area contributed by atoms with E-state index in [1.165, 1.54) is 23.3 Å². The minimum atomic E-state index is -0.961. The number of nitrogens with two attached hydrogens (primary N) is 1. The zero-order valence-electron chi connectivity index (χ0n) is 20.2. The van der Waals surface area contributed by atoms with Crippen LogP contribution in [0.5, 0.6) is 0 Å². The van der Waals surface area contributed by atoms with E-state index in [0.717, 1.165) is 62.5 Å². The van der Waals surface area contributed by atoms with Crippen molar-refractivity contribution in [2.75, 3.05) is 18.0 Å². The van der Waals surface area contributed by atoms with E-state index in [1.807, 2.05) is 0 Å². The van der Waals surface area contributed by atoms with E-state index in [4.69, 9.17) is 10.5 Å². The predicted molar refractivity (Wildman–Crippen MR) is 133 cm³/mol. The second-order valence-corrected chi connectivity index (χ2v) is 8.93. The van der Waals surface area contributed by atoms with Crippen LogP contribution in [0.15, 0.2) is 30.3 Å². The van der Waals surface area contributed by atoms with Crippen molar-refractivity contribution in [3.8, 4) is 0 Å². The Hall–Kier alpha value is -3.69. The Labute approximate surface area is 204 Å². The summed E-state index contributed by atoms with van der Waals surface area (Å²) >= 11 is 0. The third-order valence-corrected chi connectivity index (χ3v) is 6.20. The van der Waals surface area contributed by atoms with Gasteiger partial charge in [0.25, 0.3) is 11.4 Å². The summed E-state index contributed by atoms with van der Waals surface area (Å²) in [7, 11) is 0. The molecule has 0 heterocycles. The molecule has 0 spiro atoms. The Morgan fingerprint density at radius 2 is 1.54 bits per heavy atom. The van der Waals surface area contributed by atoms with Crippen molar-refractivity contribution in [2.24, 2.45) is 5.73 Å². The molecule has 0 saturated carbocycles. The normalized spacial score (nSPS) is 13.2. The van der Waals surface area contributed by atoms with Crippen LogP contribution in [0.2, 0.25) is 0 Å². The molecule has 3 rings (SSSR count). The standard InChI is InChI=1S/C25H32N4O6/c1-3-8-27(9-4-2)24-15-19-7-5-6-18(19)13-20(24)14-23(35-25(26)30)12-17-10-21(28(31)32)16-22(11-17)29(33)34/h10-11,13,15-16,23H,3-9,12,14H2,1-2H3,(H2,26,30). The molecule has 1 unspecified atom stereocenters. The van der Waals surface area contributed by atoms with E-state index in [1.54, 1.807) is 0 Å². The molecule has 0 fully saturated rings. The zero-order chi connectivity index (χ0) is 25.5. The maximum atomic E-state index is 11.7. The fourth-order valence-corrected chi connectivity index (χ4v) is 4.83. The number of carbonyl (C=O) groups excluding carboxylic acids is 1. The number of fused-ring (bicyclic) bond motifs is 1. The van der Waals surface area contributed by atoms with Crippen LogP contribution in [-0.2, 0) is 30.4 Å². The number of rotatable bonds is 12. The molecule has 2 aromatic carbocycles. The Bertz CT molecular complexity index is 1070. The average molecular weight is 485 g/mol. The average Bonchev–Trinajstić information content (AvgIpc) is 3.25. The molecule has 0 radical (unpaired) electrons. The molecule has 0 bridgehead atoms. The highest BCUT2D eigenvalue weighted by atomic mass is 16.6. The third-order valence-electron chi connectivity index (χ3n) is 6.20. The lowest BCUT2D eigenvalue weighted by Gasteiger charge is -2.29. The van der Waals surface area contributed by atoms with Crippen molar-refractivity contribution in [3.63, 3.8) is 0 Å². The molecule has 10 nitrogen and oxygen atoms in total. The molecule has 35 heavy (non-hydrogen) atoms. The quantitative estimate of drug-likeness (QED) is 0.334. The van der Waals surface area contributed by atoms with E-state index in [2.05, 4.69) is 30.9 Å². The molecular weight excluding hydrogens is 452 g/mol. The molecule has 1 atom stereocenters. The molecule has 188 valence electrons. The first kappa shape index (κ1) is 25.9. The van der Waals surface area contributed by atoms with Gasteiger partial charge in [-0.15, -0.1) is 0 Å². The smallest absolute Gasteiger partial charge is 0.404 e. The van der Waals surface area contributed by atoms with Crippen molar-refractivity contribution in [1.29, 1.82) is 0 Å². The molecule has 0 saturated heterocycles. The first-order valence-corrected chi connectivity index (χ1v) is 12.0. The molecule has 1 aliphatic rings. The second-order valence-electron chi connectivity index (χ2n) is 8.93. The maximum Gasteiger partial charge on any atom is 0.404 e. The molecule has 1 aliphatic carbocycles. The molecule has 1 amide bonds. The third kappa shape index (κ3) is 6.68. The maximum absolute atomic E-state index is 11.7. The van der Waals surface area contributed by atoms with Gasteiger partial charge >= 0.3 is 6.09 Å². The van der Waals surface area contributed by atoms with Gasteiger partial charge in [-0.05, 0) is 60.4 Å². The van der Waals surface area contributed by atoms with Gasteiger partial charge in [-0.25, -0.2) is 4.79 Å². The van der Waals surface area contributed by atoms with E-state index < -0.39 is 22.0 Å². The summed E-state index contributed by atoms with van der Waals surface area (Å²) in [4.78, 5) is 35.3. The largest absolute Gasteiger partial charge is 0.446 e. The number of nitro groups is 2. The SMILES string of the molecule is CCCN(CCC)c1cc2c(cc1CC(Cc1cc([N+](=O)[O-])cc([N+](=O)[O-])c1)OC(N)=O)CCC2. The van der Waals surface area contributed by atoms with Crippen LogP contribution in [0.25, 0.3) is 0 Å². The van der Waals surface area contributed by atoms with Crippen molar-refractivity contribution < 1.29 is 19.4 Å². The summed E-state index contributed by atoms with van der Waals surface area (Å²) in [6, 6.07) is 7.87. The Morgan fingerprint density at radius 1 is 0.971 bits per heavy atom. The Balaban J connectivity index is 1.99. The van der Waals surface area contributed by atoms with Crippen molar-refractivity contribution in [3.05, 3.63) is 72.8 Å². The first-order valence-electron chi connectivity index (χ1n) is 12.0. The highest BCUT2D eigenvalue weighted by Gasteiger charge is 2.24. The van der Waals surface area contributed by atoms with Gasteiger partial charge in [-0.1, -0.05) is 19.9 Å². The molecule has 2 N–H and O–H groups in total. The number of amides is 1. The van der Waals surface area contributed by atoms with Gasteiger partial charge in [0.2, 0.25) is 0 Å². The number of nitrogens with zero attached hydrogens (tertiary/aromatic N) is 3. The number of benzene rings is 2. The number of hydrogen-bond donors (Lipinski definition) is 1. The molecule has 0 aliphatic heterocycles. The van der Waals surface area contributed by atoms with Crippen LogP contribution in [0.1, 0.15) is 55.4 Å². The van der Waals surface area contributed by atoms with Gasteiger partial charge in [0.1, 0.15) is 6.10 Å². The van der Waals surface area contributed by atoms with Gasteiger partial charge in [-0.3, -0.25) is 20.2 Å². The van der Waals surface area contributed by atoms with Crippen LogP contribution in [0.4, 0.5) is 21.9 Å². The van der Waals surface area contributed by atoms with Crippen molar-refractivity contribution >= 4 is 23.2 Å². The number of primary amides is 1. The van der Waals surface area contributed by atoms with Crippen molar-refractivity contribution in [1.82, 2.24) is 0 Å². The summed E-state index contributed by atoms with van der Waals surface area (Å²) in [5.41, 5.74) is 9.63. The van der Waals surface area contributed by atoms with Crippen LogP contribution >= 0.6 is 0 Å². The van der Waals surface area contributed by atoms with Gasteiger partial charge in [0, 0.05) is 43.8 Å². The topological polar surface area (TPSA) is 142 Å². The lowest BCUT2D eigenvalue weighted by atomic mass is 9.95. The van der Waals surface area contributed by atoms with Crippen LogP contribution in [0, 0.1) is 20.2 Å². The highest BCUT2D eigenvalue weighted by molar-refractivity contribution is 5.65. The number of non-ortho nitro benzene ring substituents is 2. The van der Waals surface area contributed by atoms with Gasteiger partial charge in [0.05, 0.1) is 15.9 Å². The Kier molecular flexibility index (Phi) is 8.62. The zero-order valence-corrected chi connectivity index (χ0v) is 20.2. The number of nitro benzene ring substituents is 2. The number of aryl methyl sites for hydroxylation is 2. The molecule has 10 heteroatoms. The molecule has 2 aromatic rings. The van der Waals surface area contributed by atoms with E-state index in [0.29, 0.717) is 12.0 Å². The second kappa shape index (κ2) is 11.6. The van der Waals surface area contributed by atoms with Crippen molar-refractivity contribution in [2.45, 2.75) is 64.9 Å². The minimum absolute atomic E-state index is 0.0591. The van der Waals surface area contributed by atoms with Crippen LogP contribution in [0.3, 0.4) is 0 Å². The number of anilines is 1. The molecule has 0 aromatic heterocycles. The summed E-state index contributed by atoms with van der Waals surface area (Å²) in [5.74, 6) is 0. The fourth-order valence-electron chi connectivity index (χ4n) is 4.83. The summed E-state index contributed by atoms with van der Waals surface area (Å²) in [6.07, 6.45) is 3.78. The number of carbonyl (C=O) groups is 1. The predicted octanol–water partition coefficient (Wildman–Crippen LogP) is 4.87. The summed E-state index contributed by atoms with van der Waals surface area (Å²) in [6.45, 7) is 6.03. The minimum Gasteiger partial charge on any atom is -0.446 e. The van der Waals surface area contributed by atoms with E-state index in [-0.39, 0.29) is 17.8 Å². The van der Waals surface area contributed by atoms with Crippen LogP contribution in [-0.4, -0.2) is 35.1 Å². The van der Waals surface area contributed by atoms with Gasteiger partial charge in [0.15, 0.2) is 0 Å². The lowest BCUT2D eigenvalue weighted by Crippen LogP contribution is -2.30. The van der Waals surface area contributed by atoms with Gasteiger partial charge in [-0.2, -0.15) is 0 Å². The Morgan fingerprint density at radius 3 is 2.06 bits per heavy atom. The highest BCUT2D eigenvalue weighted by Crippen LogP contribution is 2.33. The molecular formula is C25H32N4O6.